The normalized spacial score (nSPS) is 14.9. The van der Waals surface area contributed by atoms with E-state index >= 15 is 0 Å². The van der Waals surface area contributed by atoms with E-state index in [4.69, 9.17) is 16.3 Å². The molecule has 1 aliphatic heterocycles. The third-order valence-corrected chi connectivity index (χ3v) is 5.66. The lowest BCUT2D eigenvalue weighted by molar-refractivity contribution is -0.126. The Balaban J connectivity index is 1.97. The summed E-state index contributed by atoms with van der Waals surface area (Å²) in [6.07, 6.45) is 1.48. The number of likely N-dealkylation sites (tertiary alicyclic amines) is 1. The molecule has 3 rings (SSSR count). The number of hydrogen-bond donors (Lipinski definition) is 2. The first kappa shape index (κ1) is 22.9. The van der Waals surface area contributed by atoms with Crippen LogP contribution in [-0.4, -0.2) is 48.1 Å². The molecule has 0 aliphatic carbocycles. The molecule has 1 aromatic carbocycles. The lowest BCUT2D eigenvalue weighted by atomic mass is 9.69. The molecule has 0 unspecified atom stereocenters. The smallest absolute Gasteiger partial charge is 0.317 e. The Bertz CT molecular complexity index is 971. The molecule has 0 saturated carbocycles. The number of hydrogen-bond acceptors (Lipinski definition) is 4. The molecule has 7 nitrogen and oxygen atoms in total. The first-order chi connectivity index (χ1) is 14.7. The van der Waals surface area contributed by atoms with Crippen molar-refractivity contribution in [3.63, 3.8) is 0 Å². The molecular weight excluding hydrogens is 416 g/mol. The average Bonchev–Trinajstić information content (AvgIpc) is 2.68. The van der Waals surface area contributed by atoms with Crippen LogP contribution in [-0.2, 0) is 10.2 Å². The number of nitrogens with zero attached hydrogens (tertiary/aromatic N) is 2. The number of methoxy groups -OCH3 is 1. The fourth-order valence-corrected chi connectivity index (χ4v) is 4.03. The first-order valence-electron chi connectivity index (χ1n) is 10.3. The van der Waals surface area contributed by atoms with E-state index < -0.39 is 5.41 Å². The Kier molecular flexibility index (Phi) is 6.74. The van der Waals surface area contributed by atoms with Gasteiger partial charge in [0.2, 0.25) is 5.91 Å². The monoisotopic (exact) mass is 444 g/mol. The molecule has 1 aliphatic rings. The third-order valence-electron chi connectivity index (χ3n) is 5.45. The van der Waals surface area contributed by atoms with Crippen molar-refractivity contribution in [2.75, 3.05) is 25.5 Å². The zero-order valence-electron chi connectivity index (χ0n) is 18.5. The minimum atomic E-state index is -0.875. The summed E-state index contributed by atoms with van der Waals surface area (Å²) < 4.78 is 5.35. The maximum atomic E-state index is 13.6. The summed E-state index contributed by atoms with van der Waals surface area (Å²) in [6, 6.07) is 9.31. The van der Waals surface area contributed by atoms with Gasteiger partial charge in [0, 0.05) is 25.2 Å². The average molecular weight is 445 g/mol. The number of amides is 3. The van der Waals surface area contributed by atoms with E-state index in [0.717, 1.165) is 11.1 Å². The van der Waals surface area contributed by atoms with Crippen LogP contribution in [0.15, 0.2) is 36.5 Å². The molecule has 2 aromatic rings. The van der Waals surface area contributed by atoms with Crippen LogP contribution in [0.3, 0.4) is 0 Å². The summed E-state index contributed by atoms with van der Waals surface area (Å²) in [4.78, 5) is 31.9. The van der Waals surface area contributed by atoms with Crippen molar-refractivity contribution in [3.8, 4) is 5.75 Å². The van der Waals surface area contributed by atoms with E-state index in [1.807, 2.05) is 38.1 Å². The minimum Gasteiger partial charge on any atom is -0.494 e. The molecule has 3 amide bonds. The fourth-order valence-electron chi connectivity index (χ4n) is 3.88. The topological polar surface area (TPSA) is 83.6 Å². The van der Waals surface area contributed by atoms with Gasteiger partial charge in [0.25, 0.3) is 0 Å². The molecule has 0 radical (unpaired) electrons. The Morgan fingerprint density at radius 1 is 1.19 bits per heavy atom. The standard InChI is InChI=1S/C23H29ClN4O3/c1-14(2)16-8-6-7-9-17(16)23(12-28(13-23)22(30)26-15(3)4)21(29)27-18-11-25-20(24)10-19(18)31-5/h6-11,14-15H,12-13H2,1-5H3,(H,26,30)(H,27,29). The van der Waals surface area contributed by atoms with Crippen molar-refractivity contribution >= 4 is 29.2 Å². The van der Waals surface area contributed by atoms with E-state index in [0.29, 0.717) is 11.4 Å². The zero-order valence-corrected chi connectivity index (χ0v) is 19.3. The van der Waals surface area contributed by atoms with Crippen molar-refractivity contribution in [3.05, 3.63) is 52.8 Å². The molecule has 8 heteroatoms. The SMILES string of the molecule is COc1cc(Cl)ncc1NC(=O)C1(c2ccccc2C(C)C)CN(C(=O)NC(C)C)C1. The van der Waals surface area contributed by atoms with Crippen molar-refractivity contribution in [2.45, 2.75) is 45.1 Å². The number of urea groups is 1. The predicted octanol–water partition coefficient (Wildman–Crippen LogP) is 4.18. The Morgan fingerprint density at radius 3 is 2.48 bits per heavy atom. The summed E-state index contributed by atoms with van der Waals surface area (Å²) in [5, 5.41) is 6.12. The number of anilines is 1. The highest BCUT2D eigenvalue weighted by Gasteiger charge is 2.53. The quantitative estimate of drug-likeness (QED) is 0.655. The number of aromatic nitrogens is 1. The van der Waals surface area contributed by atoms with E-state index in [9.17, 15) is 9.59 Å². The second kappa shape index (κ2) is 9.14. The number of rotatable bonds is 6. The van der Waals surface area contributed by atoms with Gasteiger partial charge < -0.3 is 20.3 Å². The van der Waals surface area contributed by atoms with Gasteiger partial charge in [-0.15, -0.1) is 0 Å². The second-order valence-electron chi connectivity index (χ2n) is 8.45. The Labute approximate surface area is 188 Å². The fraction of sp³-hybridized carbons (Fsp3) is 0.435. The molecule has 0 bridgehead atoms. The number of nitrogens with one attached hydrogen (secondary N) is 2. The van der Waals surface area contributed by atoms with Gasteiger partial charge in [-0.05, 0) is 30.9 Å². The van der Waals surface area contributed by atoms with Crippen molar-refractivity contribution in [1.29, 1.82) is 0 Å². The van der Waals surface area contributed by atoms with E-state index in [1.54, 1.807) is 11.0 Å². The molecule has 2 heterocycles. The van der Waals surface area contributed by atoms with Crippen LogP contribution < -0.4 is 15.4 Å². The zero-order chi connectivity index (χ0) is 22.8. The molecule has 1 saturated heterocycles. The van der Waals surface area contributed by atoms with Gasteiger partial charge >= 0.3 is 6.03 Å². The van der Waals surface area contributed by atoms with Crippen molar-refractivity contribution in [1.82, 2.24) is 15.2 Å². The maximum absolute atomic E-state index is 13.6. The van der Waals surface area contributed by atoms with Crippen LogP contribution in [0, 0.1) is 0 Å². The summed E-state index contributed by atoms with van der Waals surface area (Å²) in [5.74, 6) is 0.442. The first-order valence-corrected chi connectivity index (χ1v) is 10.7. The molecule has 0 atom stereocenters. The number of halogens is 1. The molecule has 1 fully saturated rings. The lowest BCUT2D eigenvalue weighted by Gasteiger charge is -2.50. The highest BCUT2D eigenvalue weighted by Crippen LogP contribution is 2.40. The number of pyridine rings is 1. The molecular formula is C23H29ClN4O3. The van der Waals surface area contributed by atoms with Gasteiger partial charge in [0.1, 0.15) is 22.0 Å². The van der Waals surface area contributed by atoms with Crippen LogP contribution in [0.5, 0.6) is 5.75 Å². The van der Waals surface area contributed by atoms with Crippen LogP contribution in [0.25, 0.3) is 0 Å². The Morgan fingerprint density at radius 2 is 1.87 bits per heavy atom. The van der Waals surface area contributed by atoms with Crippen LogP contribution in [0.1, 0.15) is 44.7 Å². The van der Waals surface area contributed by atoms with E-state index in [-0.39, 0.29) is 42.1 Å². The van der Waals surface area contributed by atoms with Crippen LogP contribution in [0.4, 0.5) is 10.5 Å². The Hall–Kier alpha value is -2.80. The van der Waals surface area contributed by atoms with Crippen LogP contribution in [0.2, 0.25) is 5.15 Å². The number of carbonyl (C=O) groups is 2. The summed E-state index contributed by atoms with van der Waals surface area (Å²) in [5.41, 5.74) is 1.57. The third kappa shape index (κ3) is 4.61. The predicted molar refractivity (Wildman–Crippen MR) is 122 cm³/mol. The molecule has 166 valence electrons. The highest BCUT2D eigenvalue weighted by atomic mass is 35.5. The van der Waals surface area contributed by atoms with Gasteiger partial charge in [0.05, 0.1) is 13.3 Å². The second-order valence-corrected chi connectivity index (χ2v) is 8.83. The number of benzene rings is 1. The highest BCUT2D eigenvalue weighted by molar-refractivity contribution is 6.29. The van der Waals surface area contributed by atoms with Gasteiger partial charge in [-0.25, -0.2) is 9.78 Å². The van der Waals surface area contributed by atoms with Gasteiger partial charge in [-0.3, -0.25) is 4.79 Å². The molecule has 31 heavy (non-hydrogen) atoms. The maximum Gasteiger partial charge on any atom is 0.317 e. The van der Waals surface area contributed by atoms with Gasteiger partial charge in [-0.1, -0.05) is 49.7 Å². The van der Waals surface area contributed by atoms with Gasteiger partial charge in [0.15, 0.2) is 0 Å². The summed E-state index contributed by atoms with van der Waals surface area (Å²) in [7, 11) is 1.51. The van der Waals surface area contributed by atoms with Gasteiger partial charge in [-0.2, -0.15) is 0 Å². The van der Waals surface area contributed by atoms with E-state index in [2.05, 4.69) is 29.5 Å². The number of carbonyl (C=O) groups excluding carboxylic acids is 2. The minimum absolute atomic E-state index is 0.0173. The molecule has 2 N–H and O–H groups in total. The van der Waals surface area contributed by atoms with Crippen molar-refractivity contribution < 1.29 is 14.3 Å². The molecule has 0 spiro atoms. The largest absolute Gasteiger partial charge is 0.494 e. The van der Waals surface area contributed by atoms with E-state index in [1.165, 1.54) is 13.3 Å². The number of ether oxygens (including phenoxy) is 1. The summed E-state index contributed by atoms with van der Waals surface area (Å²) >= 11 is 5.95. The van der Waals surface area contributed by atoms with Crippen LogP contribution >= 0.6 is 11.6 Å². The van der Waals surface area contributed by atoms with Crippen molar-refractivity contribution in [2.24, 2.45) is 0 Å². The molecule has 1 aromatic heterocycles. The lowest BCUT2D eigenvalue weighted by Crippen LogP contribution is -2.68. The summed E-state index contributed by atoms with van der Waals surface area (Å²) in [6.45, 7) is 8.57.